The van der Waals surface area contributed by atoms with Gasteiger partial charge in [-0.2, -0.15) is 0 Å². The molecule has 0 radical (unpaired) electrons. The quantitative estimate of drug-likeness (QED) is 0.629. The Labute approximate surface area is 221 Å². The van der Waals surface area contributed by atoms with Crippen molar-refractivity contribution < 1.29 is 14.3 Å². The highest BCUT2D eigenvalue weighted by molar-refractivity contribution is 5.79. The second-order valence-electron chi connectivity index (χ2n) is 10.6. The Morgan fingerprint density at radius 3 is 2.65 bits per heavy atom. The Bertz CT molecular complexity index is 1010. The molecule has 2 aliphatic heterocycles. The maximum Gasteiger partial charge on any atom is 0.234 e. The summed E-state index contributed by atoms with van der Waals surface area (Å²) in [4.78, 5) is 29.9. The molecule has 2 aliphatic rings. The normalized spacial score (nSPS) is 18.9. The van der Waals surface area contributed by atoms with E-state index in [1.54, 1.807) is 0 Å². The molecular formula is C30H42N4O3. The topological polar surface area (TPSA) is 73.9 Å². The summed E-state index contributed by atoms with van der Waals surface area (Å²) in [6.45, 7) is 5.84. The Morgan fingerprint density at radius 2 is 1.84 bits per heavy atom. The number of fused-ring (bicyclic) bond motifs is 1. The van der Waals surface area contributed by atoms with Gasteiger partial charge in [0, 0.05) is 31.7 Å². The van der Waals surface area contributed by atoms with E-state index in [1.807, 2.05) is 30.3 Å². The Hall–Kier alpha value is -2.90. The van der Waals surface area contributed by atoms with Crippen molar-refractivity contribution in [3.05, 3.63) is 65.2 Å². The van der Waals surface area contributed by atoms with Crippen LogP contribution in [-0.4, -0.2) is 68.0 Å². The highest BCUT2D eigenvalue weighted by Crippen LogP contribution is 2.24. The summed E-state index contributed by atoms with van der Waals surface area (Å²) in [7, 11) is 2.15. The van der Waals surface area contributed by atoms with Gasteiger partial charge in [0.1, 0.15) is 5.75 Å². The van der Waals surface area contributed by atoms with Crippen LogP contribution < -0.4 is 15.4 Å². The van der Waals surface area contributed by atoms with Gasteiger partial charge in [0.2, 0.25) is 11.8 Å². The minimum Gasteiger partial charge on any atom is -0.493 e. The molecule has 0 atom stereocenters. The number of likely N-dealkylation sites (tertiary alicyclic amines) is 1. The summed E-state index contributed by atoms with van der Waals surface area (Å²) >= 11 is 0. The summed E-state index contributed by atoms with van der Waals surface area (Å²) in [5, 5.41) is 6.22. The number of carbonyl (C=O) groups is 2. The van der Waals surface area contributed by atoms with Gasteiger partial charge in [-0.3, -0.25) is 14.5 Å². The molecule has 2 heterocycles. The van der Waals surface area contributed by atoms with Crippen LogP contribution in [0.15, 0.2) is 48.5 Å². The summed E-state index contributed by atoms with van der Waals surface area (Å²) < 4.78 is 6.19. The van der Waals surface area contributed by atoms with Crippen LogP contribution in [0.1, 0.15) is 48.8 Å². The minimum atomic E-state index is 0.0436. The average Bonchev–Trinajstić information content (AvgIpc) is 2.90. The first-order valence-corrected chi connectivity index (χ1v) is 13.8. The van der Waals surface area contributed by atoms with Crippen molar-refractivity contribution in [1.29, 1.82) is 0 Å². The molecule has 2 amide bonds. The molecule has 4 rings (SSSR count). The fourth-order valence-electron chi connectivity index (χ4n) is 5.10. The van der Waals surface area contributed by atoms with E-state index in [0.29, 0.717) is 45.1 Å². The number of nitrogens with zero attached hydrogens (tertiary/aromatic N) is 2. The summed E-state index contributed by atoms with van der Waals surface area (Å²) in [5.41, 5.74) is 3.15. The first-order valence-electron chi connectivity index (χ1n) is 13.8. The van der Waals surface area contributed by atoms with E-state index in [0.717, 1.165) is 74.2 Å². The number of benzene rings is 2. The van der Waals surface area contributed by atoms with E-state index in [9.17, 15) is 9.59 Å². The van der Waals surface area contributed by atoms with Crippen LogP contribution in [0.5, 0.6) is 5.75 Å². The molecular weight excluding hydrogens is 464 g/mol. The molecule has 7 heteroatoms. The Morgan fingerprint density at radius 1 is 1.03 bits per heavy atom. The predicted octanol–water partition coefficient (Wildman–Crippen LogP) is 3.37. The third kappa shape index (κ3) is 9.17. The van der Waals surface area contributed by atoms with Gasteiger partial charge in [-0.15, -0.1) is 0 Å². The van der Waals surface area contributed by atoms with Gasteiger partial charge in [0.05, 0.1) is 19.6 Å². The van der Waals surface area contributed by atoms with Crippen molar-refractivity contribution in [2.45, 2.75) is 51.6 Å². The van der Waals surface area contributed by atoms with Crippen molar-refractivity contribution in [1.82, 2.24) is 20.4 Å². The standard InChI is InChI=1S/C30H42N4O3/c1-33-15-12-24(13-16-33)20-32-29(35)19-26-10-11-28-27(18-26)22-34(21-25-8-4-2-5-9-25)23-30(36)31-14-6-3-7-17-37-28/h2,4-5,8-11,18,24H,3,6-7,12-17,19-23H2,1H3,(H,31,36)(H,32,35). The van der Waals surface area contributed by atoms with Gasteiger partial charge in [0.25, 0.3) is 0 Å². The molecule has 1 saturated heterocycles. The van der Waals surface area contributed by atoms with Crippen molar-refractivity contribution in [3.8, 4) is 5.75 Å². The first-order chi connectivity index (χ1) is 18.0. The molecule has 0 aliphatic carbocycles. The number of hydrogen-bond acceptors (Lipinski definition) is 5. The SMILES string of the molecule is CN1CCC(CNC(=O)Cc2ccc3c(c2)CN(Cc2ccccc2)CC(=O)NCCCCCO3)CC1. The molecule has 2 aromatic carbocycles. The maximum atomic E-state index is 12.8. The average molecular weight is 507 g/mol. The lowest BCUT2D eigenvalue weighted by Crippen LogP contribution is -2.37. The monoisotopic (exact) mass is 506 g/mol. The second-order valence-corrected chi connectivity index (χ2v) is 10.6. The summed E-state index contributed by atoms with van der Waals surface area (Å²) in [6.07, 6.45) is 5.53. The maximum absolute atomic E-state index is 12.8. The van der Waals surface area contributed by atoms with Crippen LogP contribution in [0.25, 0.3) is 0 Å². The smallest absolute Gasteiger partial charge is 0.234 e. The van der Waals surface area contributed by atoms with E-state index in [4.69, 9.17) is 4.74 Å². The fourth-order valence-corrected chi connectivity index (χ4v) is 5.10. The van der Waals surface area contributed by atoms with Crippen molar-refractivity contribution in [3.63, 3.8) is 0 Å². The number of nitrogens with one attached hydrogen (secondary N) is 2. The van der Waals surface area contributed by atoms with Crippen molar-refractivity contribution >= 4 is 11.8 Å². The zero-order valence-electron chi connectivity index (χ0n) is 22.2. The molecule has 200 valence electrons. The van der Waals surface area contributed by atoms with Crippen LogP contribution >= 0.6 is 0 Å². The number of rotatable bonds is 6. The summed E-state index contributed by atoms with van der Waals surface area (Å²) in [6, 6.07) is 16.3. The van der Waals surface area contributed by atoms with E-state index in [-0.39, 0.29) is 11.8 Å². The van der Waals surface area contributed by atoms with Gasteiger partial charge >= 0.3 is 0 Å². The molecule has 0 saturated carbocycles. The molecule has 0 bridgehead atoms. The molecule has 2 aromatic rings. The number of ether oxygens (including phenoxy) is 1. The number of amides is 2. The van der Waals surface area contributed by atoms with Gasteiger partial charge in [-0.1, -0.05) is 42.5 Å². The number of piperidine rings is 1. The molecule has 0 aromatic heterocycles. The van der Waals surface area contributed by atoms with E-state index in [2.05, 4.69) is 45.7 Å². The zero-order valence-corrected chi connectivity index (χ0v) is 22.2. The second kappa shape index (κ2) is 14.1. The lowest BCUT2D eigenvalue weighted by atomic mass is 9.97. The van der Waals surface area contributed by atoms with Crippen LogP contribution in [0.4, 0.5) is 0 Å². The molecule has 37 heavy (non-hydrogen) atoms. The van der Waals surface area contributed by atoms with E-state index >= 15 is 0 Å². The third-order valence-electron chi connectivity index (χ3n) is 7.33. The van der Waals surface area contributed by atoms with Crippen LogP contribution in [0, 0.1) is 5.92 Å². The number of hydrogen-bond donors (Lipinski definition) is 2. The van der Waals surface area contributed by atoms with Crippen LogP contribution in [0.3, 0.4) is 0 Å². The lowest BCUT2D eigenvalue weighted by molar-refractivity contribution is -0.122. The first kappa shape index (κ1) is 27.1. The Kier molecular flexibility index (Phi) is 10.4. The van der Waals surface area contributed by atoms with E-state index in [1.165, 1.54) is 0 Å². The summed E-state index contributed by atoms with van der Waals surface area (Å²) in [5.74, 6) is 1.51. The molecule has 0 unspecified atom stereocenters. The van der Waals surface area contributed by atoms with Crippen molar-refractivity contribution in [2.75, 3.05) is 46.4 Å². The third-order valence-corrected chi connectivity index (χ3v) is 7.33. The fraction of sp³-hybridized carbons (Fsp3) is 0.533. The Balaban J connectivity index is 1.45. The van der Waals surface area contributed by atoms with Crippen LogP contribution in [-0.2, 0) is 29.1 Å². The van der Waals surface area contributed by atoms with Crippen LogP contribution in [0.2, 0.25) is 0 Å². The highest BCUT2D eigenvalue weighted by atomic mass is 16.5. The molecule has 0 spiro atoms. The largest absolute Gasteiger partial charge is 0.493 e. The molecule has 7 nitrogen and oxygen atoms in total. The zero-order chi connectivity index (χ0) is 25.9. The van der Waals surface area contributed by atoms with Gasteiger partial charge < -0.3 is 20.3 Å². The minimum absolute atomic E-state index is 0.0436. The van der Waals surface area contributed by atoms with Gasteiger partial charge in [-0.25, -0.2) is 0 Å². The van der Waals surface area contributed by atoms with Crippen molar-refractivity contribution in [2.24, 2.45) is 5.92 Å². The molecule has 2 N–H and O–H groups in total. The highest BCUT2D eigenvalue weighted by Gasteiger charge is 2.19. The number of carbonyl (C=O) groups excluding carboxylic acids is 2. The van der Waals surface area contributed by atoms with E-state index < -0.39 is 0 Å². The van der Waals surface area contributed by atoms with Gasteiger partial charge in [-0.05, 0) is 75.4 Å². The van der Waals surface area contributed by atoms with Gasteiger partial charge in [0.15, 0.2) is 0 Å². The predicted molar refractivity (Wildman–Crippen MR) is 146 cm³/mol. The molecule has 1 fully saturated rings. The lowest BCUT2D eigenvalue weighted by Gasteiger charge is -2.28.